The topological polar surface area (TPSA) is 58.2 Å². The lowest BCUT2D eigenvalue weighted by Gasteiger charge is -2.14. The van der Waals surface area contributed by atoms with Crippen molar-refractivity contribution in [3.05, 3.63) is 66.2 Å². The van der Waals surface area contributed by atoms with Gasteiger partial charge in [-0.1, -0.05) is 48.5 Å². The summed E-state index contributed by atoms with van der Waals surface area (Å²) in [7, 11) is 0. The lowest BCUT2D eigenvalue weighted by molar-refractivity contribution is -0.119. The Kier molecular flexibility index (Phi) is 6.69. The average molecular weight is 328 g/mol. The van der Waals surface area contributed by atoms with E-state index in [0.717, 1.165) is 11.3 Å². The molecule has 0 radical (unpaired) electrons. The molecule has 0 saturated carbocycles. The van der Waals surface area contributed by atoms with Crippen molar-refractivity contribution in [3.8, 4) is 0 Å². The van der Waals surface area contributed by atoms with Crippen molar-refractivity contribution < 1.29 is 9.59 Å². The number of thioether (sulfide) groups is 1. The van der Waals surface area contributed by atoms with Crippen LogP contribution in [0.5, 0.6) is 0 Å². The zero-order valence-electron chi connectivity index (χ0n) is 13.0. The van der Waals surface area contributed by atoms with Crippen molar-refractivity contribution >= 4 is 29.3 Å². The van der Waals surface area contributed by atoms with Gasteiger partial charge in [0, 0.05) is 5.69 Å². The van der Waals surface area contributed by atoms with E-state index in [0.29, 0.717) is 0 Å². The van der Waals surface area contributed by atoms with Crippen LogP contribution in [0.3, 0.4) is 0 Å². The van der Waals surface area contributed by atoms with Gasteiger partial charge in [-0.3, -0.25) is 9.59 Å². The first kappa shape index (κ1) is 17.1. The van der Waals surface area contributed by atoms with Crippen molar-refractivity contribution in [3.63, 3.8) is 0 Å². The highest BCUT2D eigenvalue weighted by Gasteiger charge is 2.10. The summed E-state index contributed by atoms with van der Waals surface area (Å²) in [5.41, 5.74) is 1.83. The first-order valence-corrected chi connectivity index (χ1v) is 8.57. The van der Waals surface area contributed by atoms with Crippen LogP contribution in [0.1, 0.15) is 18.5 Å². The molecular weight excluding hydrogens is 308 g/mol. The van der Waals surface area contributed by atoms with Crippen molar-refractivity contribution in [1.82, 2.24) is 5.32 Å². The normalized spacial score (nSPS) is 11.5. The van der Waals surface area contributed by atoms with Crippen molar-refractivity contribution in [2.45, 2.75) is 13.0 Å². The fourth-order valence-electron chi connectivity index (χ4n) is 2.06. The second-order valence-electron chi connectivity index (χ2n) is 5.11. The Hall–Kier alpha value is -2.27. The van der Waals surface area contributed by atoms with Crippen LogP contribution in [0.25, 0.3) is 0 Å². The Bertz CT molecular complexity index is 632. The molecule has 0 aliphatic heterocycles. The quantitative estimate of drug-likeness (QED) is 0.820. The van der Waals surface area contributed by atoms with Gasteiger partial charge in [-0.15, -0.1) is 11.8 Å². The van der Waals surface area contributed by atoms with Gasteiger partial charge in [-0.2, -0.15) is 0 Å². The molecule has 0 aliphatic carbocycles. The molecule has 4 nitrogen and oxygen atoms in total. The molecule has 1 atom stereocenters. The summed E-state index contributed by atoms with van der Waals surface area (Å²) in [4.78, 5) is 23.7. The van der Waals surface area contributed by atoms with E-state index < -0.39 is 0 Å². The minimum Gasteiger partial charge on any atom is -0.349 e. The van der Waals surface area contributed by atoms with Crippen molar-refractivity contribution in [2.75, 3.05) is 16.8 Å². The fourth-order valence-corrected chi connectivity index (χ4v) is 2.69. The molecular formula is C18H20N2O2S. The standard InChI is InChI=1S/C18H20N2O2S/c1-14(15-8-4-2-5-9-15)19-17(21)12-23-13-18(22)20-16-10-6-3-7-11-16/h2-11,14H,12-13H2,1H3,(H,19,21)(H,20,22)/t14-/m0/s1. The summed E-state index contributed by atoms with van der Waals surface area (Å²) in [6.45, 7) is 1.94. The molecule has 0 heterocycles. The van der Waals surface area contributed by atoms with E-state index in [4.69, 9.17) is 0 Å². The highest BCUT2D eigenvalue weighted by Crippen LogP contribution is 2.12. The molecule has 2 amide bonds. The number of anilines is 1. The maximum absolute atomic E-state index is 11.9. The Morgan fingerprint density at radius 2 is 1.48 bits per heavy atom. The van der Waals surface area contributed by atoms with E-state index in [-0.39, 0.29) is 29.4 Å². The molecule has 2 aromatic carbocycles. The Labute approximate surface area is 140 Å². The largest absolute Gasteiger partial charge is 0.349 e. The number of nitrogens with one attached hydrogen (secondary N) is 2. The number of hydrogen-bond donors (Lipinski definition) is 2. The first-order valence-electron chi connectivity index (χ1n) is 7.42. The molecule has 2 N–H and O–H groups in total. The molecule has 0 aromatic heterocycles. The second kappa shape index (κ2) is 9.00. The summed E-state index contributed by atoms with van der Waals surface area (Å²) < 4.78 is 0. The Morgan fingerprint density at radius 3 is 2.13 bits per heavy atom. The fraction of sp³-hybridized carbons (Fsp3) is 0.222. The van der Waals surface area contributed by atoms with Gasteiger partial charge in [0.1, 0.15) is 0 Å². The number of amides is 2. The van der Waals surface area contributed by atoms with E-state index in [1.807, 2.05) is 67.6 Å². The van der Waals surface area contributed by atoms with Gasteiger partial charge < -0.3 is 10.6 Å². The lowest BCUT2D eigenvalue weighted by atomic mass is 10.1. The minimum atomic E-state index is -0.106. The van der Waals surface area contributed by atoms with Crippen molar-refractivity contribution in [1.29, 1.82) is 0 Å². The highest BCUT2D eigenvalue weighted by molar-refractivity contribution is 8.00. The average Bonchev–Trinajstić information content (AvgIpc) is 2.56. The molecule has 0 bridgehead atoms. The van der Waals surface area contributed by atoms with Crippen LogP contribution in [-0.4, -0.2) is 23.3 Å². The van der Waals surface area contributed by atoms with Gasteiger partial charge in [0.2, 0.25) is 11.8 Å². The number of hydrogen-bond acceptors (Lipinski definition) is 3. The summed E-state index contributed by atoms with van der Waals surface area (Å²) >= 11 is 1.30. The molecule has 0 unspecified atom stereocenters. The molecule has 2 rings (SSSR count). The molecule has 23 heavy (non-hydrogen) atoms. The summed E-state index contributed by atoms with van der Waals surface area (Å²) in [6, 6.07) is 19.0. The van der Waals surface area contributed by atoms with Gasteiger partial charge in [0.15, 0.2) is 0 Å². The number of benzene rings is 2. The van der Waals surface area contributed by atoms with Gasteiger partial charge in [0.25, 0.3) is 0 Å². The molecule has 0 fully saturated rings. The smallest absolute Gasteiger partial charge is 0.234 e. The van der Waals surface area contributed by atoms with Gasteiger partial charge in [0.05, 0.1) is 17.5 Å². The molecule has 120 valence electrons. The minimum absolute atomic E-state index is 0.0394. The third-order valence-corrected chi connectivity index (χ3v) is 4.13. The predicted molar refractivity (Wildman–Crippen MR) is 95.4 cm³/mol. The maximum Gasteiger partial charge on any atom is 0.234 e. The lowest BCUT2D eigenvalue weighted by Crippen LogP contribution is -2.28. The number of rotatable bonds is 7. The molecule has 0 spiro atoms. The van der Waals surface area contributed by atoms with Crippen LogP contribution in [-0.2, 0) is 9.59 Å². The summed E-state index contributed by atoms with van der Waals surface area (Å²) in [6.07, 6.45) is 0. The van der Waals surface area contributed by atoms with Crippen LogP contribution in [0, 0.1) is 0 Å². The zero-order chi connectivity index (χ0) is 16.5. The highest BCUT2D eigenvalue weighted by atomic mass is 32.2. The maximum atomic E-state index is 11.9. The SMILES string of the molecule is C[C@H](NC(=O)CSCC(=O)Nc1ccccc1)c1ccccc1. The first-order chi connectivity index (χ1) is 11.1. The van der Waals surface area contributed by atoms with Gasteiger partial charge >= 0.3 is 0 Å². The number of carbonyl (C=O) groups excluding carboxylic acids is 2. The molecule has 5 heteroatoms. The van der Waals surface area contributed by atoms with Crippen LogP contribution in [0.15, 0.2) is 60.7 Å². The van der Waals surface area contributed by atoms with Crippen LogP contribution in [0.2, 0.25) is 0 Å². The monoisotopic (exact) mass is 328 g/mol. The molecule has 0 aliphatic rings. The molecule has 2 aromatic rings. The predicted octanol–water partition coefficient (Wildman–Crippen LogP) is 3.24. The number of para-hydroxylation sites is 1. The number of carbonyl (C=O) groups is 2. The van der Waals surface area contributed by atoms with E-state index in [9.17, 15) is 9.59 Å². The third-order valence-electron chi connectivity index (χ3n) is 3.20. The van der Waals surface area contributed by atoms with E-state index in [2.05, 4.69) is 10.6 Å². The van der Waals surface area contributed by atoms with E-state index in [1.165, 1.54) is 11.8 Å². The zero-order valence-corrected chi connectivity index (χ0v) is 13.8. The van der Waals surface area contributed by atoms with Gasteiger partial charge in [-0.05, 0) is 24.6 Å². The second-order valence-corrected chi connectivity index (χ2v) is 6.09. The Balaban J connectivity index is 1.67. The summed E-state index contributed by atoms with van der Waals surface area (Å²) in [5, 5.41) is 5.72. The van der Waals surface area contributed by atoms with E-state index in [1.54, 1.807) is 0 Å². The molecule has 0 saturated heterocycles. The van der Waals surface area contributed by atoms with Crippen LogP contribution < -0.4 is 10.6 Å². The Morgan fingerprint density at radius 1 is 0.913 bits per heavy atom. The third kappa shape index (κ3) is 6.16. The van der Waals surface area contributed by atoms with Crippen LogP contribution >= 0.6 is 11.8 Å². The van der Waals surface area contributed by atoms with E-state index >= 15 is 0 Å². The van der Waals surface area contributed by atoms with Crippen LogP contribution in [0.4, 0.5) is 5.69 Å². The van der Waals surface area contributed by atoms with Gasteiger partial charge in [-0.25, -0.2) is 0 Å². The van der Waals surface area contributed by atoms with Crippen molar-refractivity contribution in [2.24, 2.45) is 0 Å². The summed E-state index contributed by atoms with van der Waals surface area (Å²) in [5.74, 6) is 0.338.